The average Bonchev–Trinajstić information content (AvgIpc) is 2.98. The van der Waals surface area contributed by atoms with Crippen LogP contribution >= 0.6 is 0 Å². The SMILES string of the molecule is C[C@@H]1C[C@@]1(C)S(=O)(=O)N1C[C@H](c2ccccc2)[C@H]1C(=O)O. The predicted molar refractivity (Wildman–Crippen MR) is 78.4 cm³/mol. The second-order valence-electron chi connectivity index (χ2n) is 6.29. The largest absolute Gasteiger partial charge is 0.480 e. The van der Waals surface area contributed by atoms with Crippen LogP contribution in [0.15, 0.2) is 30.3 Å². The molecule has 0 unspecified atom stereocenters. The van der Waals surface area contributed by atoms with Crippen molar-refractivity contribution in [3.05, 3.63) is 35.9 Å². The number of benzene rings is 1. The zero-order valence-corrected chi connectivity index (χ0v) is 12.9. The van der Waals surface area contributed by atoms with Crippen molar-refractivity contribution in [1.29, 1.82) is 0 Å². The van der Waals surface area contributed by atoms with Crippen molar-refractivity contribution in [2.45, 2.75) is 37.0 Å². The molecule has 21 heavy (non-hydrogen) atoms. The fourth-order valence-corrected chi connectivity index (χ4v) is 5.58. The van der Waals surface area contributed by atoms with E-state index in [1.54, 1.807) is 6.92 Å². The fraction of sp³-hybridized carbons (Fsp3) is 0.533. The van der Waals surface area contributed by atoms with E-state index in [2.05, 4.69) is 0 Å². The summed E-state index contributed by atoms with van der Waals surface area (Å²) in [5.41, 5.74) is 0.880. The van der Waals surface area contributed by atoms with E-state index < -0.39 is 26.8 Å². The first-order valence-electron chi connectivity index (χ1n) is 7.08. The summed E-state index contributed by atoms with van der Waals surface area (Å²) < 4.78 is 25.7. The minimum absolute atomic E-state index is 0.0905. The molecule has 1 aromatic carbocycles. The third-order valence-corrected chi connectivity index (χ3v) is 7.78. The maximum absolute atomic E-state index is 12.7. The van der Waals surface area contributed by atoms with Gasteiger partial charge in [0.15, 0.2) is 0 Å². The Hall–Kier alpha value is -1.40. The van der Waals surface area contributed by atoms with Crippen molar-refractivity contribution in [3.8, 4) is 0 Å². The highest BCUT2D eigenvalue weighted by Crippen LogP contribution is 2.53. The molecule has 4 atom stereocenters. The number of hydrogen-bond donors (Lipinski definition) is 1. The molecule has 3 rings (SSSR count). The monoisotopic (exact) mass is 309 g/mol. The summed E-state index contributed by atoms with van der Waals surface area (Å²) in [4.78, 5) is 11.5. The van der Waals surface area contributed by atoms with E-state index in [0.29, 0.717) is 6.42 Å². The fourth-order valence-electron chi connectivity index (χ4n) is 3.18. The minimum atomic E-state index is -3.56. The second-order valence-corrected chi connectivity index (χ2v) is 8.64. The van der Waals surface area contributed by atoms with Gasteiger partial charge in [-0.25, -0.2) is 8.42 Å². The van der Waals surface area contributed by atoms with E-state index in [0.717, 1.165) is 5.56 Å². The zero-order valence-electron chi connectivity index (χ0n) is 12.1. The highest BCUT2D eigenvalue weighted by molar-refractivity contribution is 7.90. The Bertz CT molecular complexity index is 672. The molecule has 1 aromatic rings. The number of carboxylic acids is 1. The van der Waals surface area contributed by atoms with Gasteiger partial charge in [-0.15, -0.1) is 0 Å². The van der Waals surface area contributed by atoms with Crippen LogP contribution in [-0.2, 0) is 14.8 Å². The number of sulfonamides is 1. The molecule has 1 aliphatic carbocycles. The first-order chi connectivity index (χ1) is 9.79. The van der Waals surface area contributed by atoms with Crippen molar-refractivity contribution in [1.82, 2.24) is 4.31 Å². The van der Waals surface area contributed by atoms with Gasteiger partial charge in [0.05, 0.1) is 4.75 Å². The molecular weight excluding hydrogens is 290 g/mol. The minimum Gasteiger partial charge on any atom is -0.480 e. The van der Waals surface area contributed by atoms with Gasteiger partial charge >= 0.3 is 5.97 Å². The van der Waals surface area contributed by atoms with Crippen LogP contribution in [0.2, 0.25) is 0 Å². The number of carbonyl (C=O) groups is 1. The normalized spacial score (nSPS) is 36.0. The lowest BCUT2D eigenvalue weighted by atomic mass is 9.85. The van der Waals surface area contributed by atoms with E-state index in [9.17, 15) is 18.3 Å². The lowest BCUT2D eigenvalue weighted by Gasteiger charge is -2.45. The zero-order chi connectivity index (χ0) is 15.4. The summed E-state index contributed by atoms with van der Waals surface area (Å²) in [6.07, 6.45) is 0.605. The number of aliphatic carboxylic acids is 1. The van der Waals surface area contributed by atoms with Crippen LogP contribution in [0.1, 0.15) is 31.7 Å². The van der Waals surface area contributed by atoms with Gasteiger partial charge in [-0.3, -0.25) is 4.79 Å². The van der Waals surface area contributed by atoms with Crippen LogP contribution < -0.4 is 0 Å². The van der Waals surface area contributed by atoms with Gasteiger partial charge in [0, 0.05) is 12.5 Å². The molecule has 2 fully saturated rings. The molecule has 1 N–H and O–H groups in total. The second kappa shape index (κ2) is 4.55. The van der Waals surface area contributed by atoms with Crippen molar-refractivity contribution >= 4 is 16.0 Å². The average molecular weight is 309 g/mol. The van der Waals surface area contributed by atoms with Crippen LogP contribution in [-0.4, -0.2) is 41.1 Å². The van der Waals surface area contributed by atoms with Gasteiger partial charge in [0.1, 0.15) is 6.04 Å². The van der Waals surface area contributed by atoms with Gasteiger partial charge in [-0.2, -0.15) is 4.31 Å². The molecule has 114 valence electrons. The van der Waals surface area contributed by atoms with Gasteiger partial charge in [-0.1, -0.05) is 37.3 Å². The van der Waals surface area contributed by atoms with Crippen molar-refractivity contribution in [2.75, 3.05) is 6.54 Å². The predicted octanol–water partition coefficient (Wildman–Crippen LogP) is 1.67. The van der Waals surface area contributed by atoms with E-state index in [4.69, 9.17) is 0 Å². The van der Waals surface area contributed by atoms with Crippen LogP contribution in [0.3, 0.4) is 0 Å². The van der Waals surface area contributed by atoms with Gasteiger partial charge in [0.2, 0.25) is 10.0 Å². The molecule has 1 heterocycles. The summed E-state index contributed by atoms with van der Waals surface area (Å²) in [6.45, 7) is 3.86. The molecule has 0 bridgehead atoms. The van der Waals surface area contributed by atoms with E-state index in [1.807, 2.05) is 37.3 Å². The van der Waals surface area contributed by atoms with Crippen LogP contribution in [0.25, 0.3) is 0 Å². The Labute approximate surface area is 124 Å². The molecule has 0 aromatic heterocycles. The highest BCUT2D eigenvalue weighted by Gasteiger charge is 2.64. The first-order valence-corrected chi connectivity index (χ1v) is 8.52. The van der Waals surface area contributed by atoms with E-state index >= 15 is 0 Å². The van der Waals surface area contributed by atoms with E-state index in [-0.39, 0.29) is 18.4 Å². The molecule has 2 aliphatic rings. The molecule has 6 heteroatoms. The summed E-state index contributed by atoms with van der Waals surface area (Å²) in [7, 11) is -3.56. The Morgan fingerprint density at radius 2 is 1.90 bits per heavy atom. The highest BCUT2D eigenvalue weighted by atomic mass is 32.2. The maximum atomic E-state index is 12.7. The summed E-state index contributed by atoms with van der Waals surface area (Å²) >= 11 is 0. The third kappa shape index (κ3) is 2.00. The topological polar surface area (TPSA) is 74.7 Å². The van der Waals surface area contributed by atoms with Gasteiger partial charge in [-0.05, 0) is 24.8 Å². The molecule has 1 aliphatic heterocycles. The lowest BCUT2D eigenvalue weighted by molar-refractivity contribution is -0.146. The molecular formula is C15H19NO4S. The molecule has 1 saturated carbocycles. The summed E-state index contributed by atoms with van der Waals surface area (Å²) in [5, 5.41) is 9.44. The lowest BCUT2D eigenvalue weighted by Crippen LogP contribution is -2.62. The number of hydrogen-bond acceptors (Lipinski definition) is 3. The Balaban J connectivity index is 1.89. The summed E-state index contributed by atoms with van der Waals surface area (Å²) in [6, 6.07) is 8.27. The quantitative estimate of drug-likeness (QED) is 0.918. The number of carboxylic acid groups (broad SMARTS) is 1. The van der Waals surface area contributed by atoms with Crippen LogP contribution in [0, 0.1) is 5.92 Å². The van der Waals surface area contributed by atoms with Crippen LogP contribution in [0.5, 0.6) is 0 Å². The third-order valence-electron chi connectivity index (χ3n) is 5.04. The summed E-state index contributed by atoms with van der Waals surface area (Å²) in [5.74, 6) is -1.25. The van der Waals surface area contributed by atoms with E-state index in [1.165, 1.54) is 4.31 Å². The molecule has 0 spiro atoms. The Morgan fingerprint density at radius 1 is 1.33 bits per heavy atom. The van der Waals surface area contributed by atoms with Crippen molar-refractivity contribution in [2.24, 2.45) is 5.92 Å². The standard InChI is InChI=1S/C15H19NO4S/c1-10-8-15(10,2)21(19,20)16-9-12(13(16)14(17)18)11-6-4-3-5-7-11/h3-7,10,12-13H,8-9H2,1-2H3,(H,17,18)/t10-,12-,13+,15-/m1/s1. The molecule has 5 nitrogen and oxygen atoms in total. The molecule has 1 saturated heterocycles. The Morgan fingerprint density at radius 3 is 2.38 bits per heavy atom. The smallest absolute Gasteiger partial charge is 0.322 e. The van der Waals surface area contributed by atoms with Gasteiger partial charge in [0.25, 0.3) is 0 Å². The molecule has 0 amide bonds. The number of nitrogens with zero attached hydrogens (tertiary/aromatic N) is 1. The van der Waals surface area contributed by atoms with Crippen molar-refractivity contribution in [3.63, 3.8) is 0 Å². The van der Waals surface area contributed by atoms with Crippen LogP contribution in [0.4, 0.5) is 0 Å². The van der Waals surface area contributed by atoms with Gasteiger partial charge < -0.3 is 5.11 Å². The maximum Gasteiger partial charge on any atom is 0.322 e. The van der Waals surface area contributed by atoms with Crippen molar-refractivity contribution < 1.29 is 18.3 Å². The number of rotatable bonds is 4. The Kier molecular flexibility index (Phi) is 3.15. The first kappa shape index (κ1) is 14.5. The molecule has 0 radical (unpaired) electrons.